The summed E-state index contributed by atoms with van der Waals surface area (Å²) < 4.78 is 9.63. The number of phenols is 1. The minimum absolute atomic E-state index is 0.152. The van der Waals surface area contributed by atoms with Crippen molar-refractivity contribution in [2.75, 3.05) is 5.73 Å². The number of nitrogen functional groups attached to an aromatic ring is 1. The number of anilines is 1. The fourth-order valence-corrected chi connectivity index (χ4v) is 2.57. The van der Waals surface area contributed by atoms with E-state index < -0.39 is 8.68 Å². The SMILES string of the molecule is CC(C)(C)c1cc(C2=NCc3ncnc(N)c32)ccc1O.C[Si](C)=O. The van der Waals surface area contributed by atoms with Gasteiger partial charge in [-0.25, -0.2) is 9.97 Å². The molecule has 1 aliphatic heterocycles. The lowest BCUT2D eigenvalue weighted by molar-refractivity contribution is 0.446. The van der Waals surface area contributed by atoms with Crippen LogP contribution in [0.3, 0.4) is 0 Å². The van der Waals surface area contributed by atoms with Crippen molar-refractivity contribution in [2.45, 2.75) is 45.8 Å². The lowest BCUT2D eigenvalue weighted by Crippen LogP contribution is -2.14. The van der Waals surface area contributed by atoms with E-state index in [2.05, 4.69) is 35.7 Å². The average molecular weight is 357 g/mol. The molecular formula is C18H24N4O2Si. The van der Waals surface area contributed by atoms with Gasteiger partial charge in [0.25, 0.3) is 8.68 Å². The van der Waals surface area contributed by atoms with Crippen LogP contribution < -0.4 is 5.73 Å². The molecule has 1 aromatic heterocycles. The van der Waals surface area contributed by atoms with Gasteiger partial charge in [-0.3, -0.25) is 4.99 Å². The number of aliphatic imine (C=N–C) groups is 1. The molecule has 0 amide bonds. The minimum Gasteiger partial charge on any atom is -0.508 e. The fraction of sp³-hybridized carbons (Fsp3) is 0.389. The molecule has 0 fully saturated rings. The monoisotopic (exact) mass is 356 g/mol. The summed E-state index contributed by atoms with van der Waals surface area (Å²) in [6.07, 6.45) is 1.46. The van der Waals surface area contributed by atoms with Crippen LogP contribution in [0.5, 0.6) is 5.75 Å². The third kappa shape index (κ3) is 4.36. The summed E-state index contributed by atoms with van der Waals surface area (Å²) in [7, 11) is -1.13. The molecular weight excluding hydrogens is 332 g/mol. The van der Waals surface area contributed by atoms with Crippen molar-refractivity contribution in [3.8, 4) is 5.75 Å². The number of hydrogen-bond donors (Lipinski definition) is 2. The third-order valence-electron chi connectivity index (χ3n) is 3.66. The Balaban J connectivity index is 0.000000511. The number of phenolic OH excluding ortho intramolecular Hbond substituents is 1. The van der Waals surface area contributed by atoms with E-state index in [1.807, 2.05) is 12.1 Å². The summed E-state index contributed by atoms with van der Waals surface area (Å²) in [5.74, 6) is 0.740. The van der Waals surface area contributed by atoms with E-state index in [1.165, 1.54) is 6.33 Å². The van der Waals surface area contributed by atoms with Crippen LogP contribution in [0.25, 0.3) is 0 Å². The number of aromatic nitrogens is 2. The number of hydrogen-bond acceptors (Lipinski definition) is 6. The highest BCUT2D eigenvalue weighted by Gasteiger charge is 2.25. The van der Waals surface area contributed by atoms with E-state index in [9.17, 15) is 9.57 Å². The van der Waals surface area contributed by atoms with E-state index >= 15 is 0 Å². The highest BCUT2D eigenvalue weighted by molar-refractivity contribution is 6.38. The van der Waals surface area contributed by atoms with Crippen LogP contribution in [0, 0.1) is 0 Å². The predicted octanol–water partition coefficient (Wildman–Crippen LogP) is 3.08. The predicted molar refractivity (Wildman–Crippen MR) is 101 cm³/mol. The first-order valence-electron chi connectivity index (χ1n) is 8.06. The number of rotatable bonds is 1. The van der Waals surface area contributed by atoms with Crippen molar-refractivity contribution in [2.24, 2.45) is 4.99 Å². The second kappa shape index (κ2) is 7.22. The molecule has 6 nitrogen and oxygen atoms in total. The Morgan fingerprint density at radius 2 is 1.84 bits per heavy atom. The summed E-state index contributed by atoms with van der Waals surface area (Å²) in [4.78, 5) is 12.8. The second-order valence-electron chi connectivity index (χ2n) is 7.14. The Bertz CT molecular complexity index is 837. The van der Waals surface area contributed by atoms with E-state index in [1.54, 1.807) is 19.2 Å². The van der Waals surface area contributed by atoms with Crippen LogP contribution in [0.15, 0.2) is 29.5 Å². The van der Waals surface area contributed by atoms with Gasteiger partial charge < -0.3 is 15.3 Å². The first-order chi connectivity index (χ1) is 11.6. The molecule has 1 aliphatic rings. The largest absolute Gasteiger partial charge is 0.508 e. The van der Waals surface area contributed by atoms with Crippen LogP contribution in [0.1, 0.15) is 43.2 Å². The molecule has 0 aliphatic carbocycles. The summed E-state index contributed by atoms with van der Waals surface area (Å²) in [5.41, 5.74) is 10.1. The maximum absolute atomic E-state index is 10.1. The van der Waals surface area contributed by atoms with Gasteiger partial charge >= 0.3 is 0 Å². The number of nitrogens with zero attached hydrogens (tertiary/aromatic N) is 3. The Kier molecular flexibility index (Phi) is 5.47. The van der Waals surface area contributed by atoms with Crippen LogP contribution in [-0.4, -0.2) is 29.5 Å². The molecule has 132 valence electrons. The molecule has 3 N–H and O–H groups in total. The average Bonchev–Trinajstić information content (AvgIpc) is 2.91. The fourth-order valence-electron chi connectivity index (χ4n) is 2.57. The van der Waals surface area contributed by atoms with Crippen molar-refractivity contribution >= 4 is 20.2 Å². The van der Waals surface area contributed by atoms with E-state index in [0.29, 0.717) is 18.1 Å². The normalized spacial score (nSPS) is 12.8. The van der Waals surface area contributed by atoms with E-state index in [-0.39, 0.29) is 5.41 Å². The smallest absolute Gasteiger partial charge is 0.270 e. The molecule has 0 unspecified atom stereocenters. The molecule has 0 saturated heterocycles. The Morgan fingerprint density at radius 3 is 2.44 bits per heavy atom. The number of nitrogens with two attached hydrogens (primary N) is 1. The molecule has 7 heteroatoms. The van der Waals surface area contributed by atoms with E-state index in [0.717, 1.165) is 28.1 Å². The zero-order chi connectivity index (χ0) is 18.8. The summed E-state index contributed by atoms with van der Waals surface area (Å²) in [6, 6.07) is 5.52. The highest BCUT2D eigenvalue weighted by atomic mass is 28.2. The quantitative estimate of drug-likeness (QED) is 0.765. The first-order valence-corrected chi connectivity index (χ1v) is 10.5. The molecule has 0 saturated carbocycles. The molecule has 0 spiro atoms. The number of benzene rings is 1. The molecule has 2 heterocycles. The molecule has 25 heavy (non-hydrogen) atoms. The molecule has 0 radical (unpaired) electrons. The number of aromatic hydroxyl groups is 1. The first kappa shape index (κ1) is 18.9. The van der Waals surface area contributed by atoms with Crippen LogP contribution in [-0.2, 0) is 16.4 Å². The molecule has 0 bridgehead atoms. The second-order valence-corrected chi connectivity index (χ2v) is 8.95. The highest BCUT2D eigenvalue weighted by Crippen LogP contribution is 2.33. The lowest BCUT2D eigenvalue weighted by atomic mass is 9.84. The van der Waals surface area contributed by atoms with Crippen molar-refractivity contribution in [1.29, 1.82) is 0 Å². The number of fused-ring (bicyclic) bond motifs is 1. The maximum Gasteiger partial charge on any atom is 0.270 e. The van der Waals surface area contributed by atoms with Gasteiger partial charge in [-0.1, -0.05) is 20.8 Å². The van der Waals surface area contributed by atoms with Gasteiger partial charge in [0, 0.05) is 5.56 Å². The van der Waals surface area contributed by atoms with Crippen molar-refractivity contribution in [3.05, 3.63) is 46.9 Å². The van der Waals surface area contributed by atoms with Crippen molar-refractivity contribution in [3.63, 3.8) is 0 Å². The molecule has 2 aromatic rings. The van der Waals surface area contributed by atoms with Gasteiger partial charge in [-0.05, 0) is 42.3 Å². The Labute approximate surface area is 149 Å². The Morgan fingerprint density at radius 1 is 1.20 bits per heavy atom. The zero-order valence-electron chi connectivity index (χ0n) is 15.3. The summed E-state index contributed by atoms with van der Waals surface area (Å²) >= 11 is 0. The molecule has 3 rings (SSSR count). The zero-order valence-corrected chi connectivity index (χ0v) is 16.3. The van der Waals surface area contributed by atoms with Gasteiger partial charge in [-0.2, -0.15) is 0 Å². The van der Waals surface area contributed by atoms with Crippen molar-refractivity contribution < 1.29 is 9.57 Å². The van der Waals surface area contributed by atoms with Gasteiger partial charge in [0.2, 0.25) is 0 Å². The van der Waals surface area contributed by atoms with Gasteiger partial charge in [0.1, 0.15) is 17.9 Å². The topological polar surface area (TPSA) is 101 Å². The standard InChI is InChI=1S/C16H18N4O.C2H6OSi/c1-16(2,3)10-6-9(4-5-12(10)21)14-13-11(7-18-14)19-8-20-15(13)17;1-4(2)3/h4-6,8,21H,7H2,1-3H3,(H2,17,19,20);1-2H3. The van der Waals surface area contributed by atoms with Crippen LogP contribution >= 0.6 is 0 Å². The third-order valence-corrected chi connectivity index (χ3v) is 3.66. The van der Waals surface area contributed by atoms with E-state index in [4.69, 9.17) is 5.73 Å². The maximum atomic E-state index is 10.1. The van der Waals surface area contributed by atoms with Gasteiger partial charge in [-0.15, -0.1) is 0 Å². The van der Waals surface area contributed by atoms with Crippen LogP contribution in [0.2, 0.25) is 13.1 Å². The Hall–Kier alpha value is -2.41. The lowest BCUT2D eigenvalue weighted by Gasteiger charge is -2.21. The van der Waals surface area contributed by atoms with Gasteiger partial charge in [0.15, 0.2) is 0 Å². The van der Waals surface area contributed by atoms with Crippen LogP contribution in [0.4, 0.5) is 5.82 Å². The summed E-state index contributed by atoms with van der Waals surface area (Å²) in [5, 5.41) is 10.1. The van der Waals surface area contributed by atoms with Gasteiger partial charge in [0.05, 0.1) is 23.5 Å². The minimum atomic E-state index is -1.13. The molecule has 0 atom stereocenters. The molecule has 1 aromatic carbocycles. The summed E-state index contributed by atoms with van der Waals surface area (Å²) in [6.45, 7) is 10.1. The van der Waals surface area contributed by atoms with Crippen molar-refractivity contribution in [1.82, 2.24) is 9.97 Å².